The smallest absolute Gasteiger partial charge is 0.240 e. The van der Waals surface area contributed by atoms with Crippen LogP contribution in [0.5, 0.6) is 0 Å². The van der Waals surface area contributed by atoms with Crippen LogP contribution < -0.4 is 15.8 Å². The van der Waals surface area contributed by atoms with Crippen LogP contribution in [0.3, 0.4) is 0 Å². The lowest BCUT2D eigenvalue weighted by molar-refractivity contribution is -0.122. The second-order valence-electron chi connectivity index (χ2n) is 5.98. The van der Waals surface area contributed by atoms with Crippen molar-refractivity contribution in [1.82, 2.24) is 10.7 Å². The Morgan fingerprint density at radius 3 is 2.24 bits per heavy atom. The van der Waals surface area contributed by atoms with E-state index < -0.39 is 0 Å². The maximum Gasteiger partial charge on any atom is 0.240 e. The van der Waals surface area contributed by atoms with Crippen LogP contribution in [0.15, 0.2) is 54.6 Å². The summed E-state index contributed by atoms with van der Waals surface area (Å²) in [5.74, 6) is -0.308. The Bertz CT molecular complexity index is 699. The van der Waals surface area contributed by atoms with Crippen LogP contribution >= 0.6 is 0 Å². The largest absolute Gasteiger partial charge is 0.349 e. The van der Waals surface area contributed by atoms with Gasteiger partial charge >= 0.3 is 0 Å². The minimum absolute atomic E-state index is 0.148. The van der Waals surface area contributed by atoms with E-state index in [-0.39, 0.29) is 24.3 Å². The zero-order valence-corrected chi connectivity index (χ0v) is 15.0. The SMILES string of the molecule is CCN(NC(=O)C[C@H](NC(C)=O)c1ccccc1)c1ccc(C)cc1. The van der Waals surface area contributed by atoms with Crippen LogP contribution in [0, 0.1) is 6.92 Å². The van der Waals surface area contributed by atoms with Gasteiger partial charge in [0.05, 0.1) is 18.2 Å². The molecule has 0 aliphatic carbocycles. The van der Waals surface area contributed by atoms with Crippen molar-refractivity contribution >= 4 is 17.5 Å². The van der Waals surface area contributed by atoms with Gasteiger partial charge in [-0.25, -0.2) is 0 Å². The van der Waals surface area contributed by atoms with E-state index in [1.54, 1.807) is 5.01 Å². The summed E-state index contributed by atoms with van der Waals surface area (Å²) in [6.07, 6.45) is 0.173. The number of rotatable bonds is 7. The van der Waals surface area contributed by atoms with E-state index in [9.17, 15) is 9.59 Å². The molecule has 25 heavy (non-hydrogen) atoms. The van der Waals surface area contributed by atoms with Crippen molar-refractivity contribution in [1.29, 1.82) is 0 Å². The Labute approximate surface area is 149 Å². The van der Waals surface area contributed by atoms with Gasteiger partial charge in [-0.05, 0) is 31.5 Å². The van der Waals surface area contributed by atoms with E-state index in [1.807, 2.05) is 68.4 Å². The molecule has 0 aromatic heterocycles. The number of hydrazine groups is 1. The fourth-order valence-corrected chi connectivity index (χ4v) is 2.62. The molecule has 0 bridgehead atoms. The highest BCUT2D eigenvalue weighted by atomic mass is 16.2. The summed E-state index contributed by atoms with van der Waals surface area (Å²) >= 11 is 0. The van der Waals surface area contributed by atoms with Gasteiger partial charge in [0.25, 0.3) is 0 Å². The summed E-state index contributed by atoms with van der Waals surface area (Å²) < 4.78 is 0. The Morgan fingerprint density at radius 2 is 1.68 bits per heavy atom. The van der Waals surface area contributed by atoms with E-state index >= 15 is 0 Å². The van der Waals surface area contributed by atoms with Crippen molar-refractivity contribution in [2.45, 2.75) is 33.2 Å². The first-order valence-electron chi connectivity index (χ1n) is 8.45. The van der Waals surface area contributed by atoms with Gasteiger partial charge in [0.2, 0.25) is 11.8 Å². The van der Waals surface area contributed by atoms with Crippen molar-refractivity contribution in [3.63, 3.8) is 0 Å². The van der Waals surface area contributed by atoms with Crippen LogP contribution in [-0.4, -0.2) is 18.4 Å². The van der Waals surface area contributed by atoms with Gasteiger partial charge in [0, 0.05) is 13.5 Å². The molecule has 2 aromatic rings. The lowest BCUT2D eigenvalue weighted by atomic mass is 10.0. The molecule has 2 amide bonds. The molecule has 2 N–H and O–H groups in total. The molecule has 0 spiro atoms. The van der Waals surface area contributed by atoms with E-state index in [0.29, 0.717) is 6.54 Å². The van der Waals surface area contributed by atoms with E-state index in [1.165, 1.54) is 12.5 Å². The number of aryl methyl sites for hydroxylation is 1. The van der Waals surface area contributed by atoms with Crippen molar-refractivity contribution in [2.75, 3.05) is 11.6 Å². The Hall–Kier alpha value is -2.82. The fourth-order valence-electron chi connectivity index (χ4n) is 2.62. The van der Waals surface area contributed by atoms with Gasteiger partial charge < -0.3 is 5.32 Å². The summed E-state index contributed by atoms with van der Waals surface area (Å²) in [5.41, 5.74) is 5.92. The number of hydrogen-bond donors (Lipinski definition) is 2. The van der Waals surface area contributed by atoms with Gasteiger partial charge in [-0.15, -0.1) is 0 Å². The highest BCUT2D eigenvalue weighted by molar-refractivity contribution is 5.80. The molecule has 5 heteroatoms. The summed E-state index contributed by atoms with van der Waals surface area (Å²) in [6, 6.07) is 17.1. The molecular weight excluding hydrogens is 314 g/mol. The number of benzene rings is 2. The predicted octanol–water partition coefficient (Wildman–Crippen LogP) is 3.12. The number of amides is 2. The normalized spacial score (nSPS) is 11.5. The zero-order chi connectivity index (χ0) is 18.2. The molecule has 2 aromatic carbocycles. The first-order chi connectivity index (χ1) is 12.0. The van der Waals surface area contributed by atoms with Gasteiger partial charge in [-0.3, -0.25) is 20.0 Å². The van der Waals surface area contributed by atoms with Crippen molar-refractivity contribution in [3.8, 4) is 0 Å². The number of nitrogens with one attached hydrogen (secondary N) is 2. The van der Waals surface area contributed by atoms with Crippen molar-refractivity contribution < 1.29 is 9.59 Å². The molecule has 5 nitrogen and oxygen atoms in total. The number of carbonyl (C=O) groups excluding carboxylic acids is 2. The van der Waals surface area contributed by atoms with Gasteiger partial charge in [0.15, 0.2) is 0 Å². The predicted molar refractivity (Wildman–Crippen MR) is 100.0 cm³/mol. The van der Waals surface area contributed by atoms with Crippen LogP contribution in [0.4, 0.5) is 5.69 Å². The van der Waals surface area contributed by atoms with Crippen LogP contribution in [0.25, 0.3) is 0 Å². The first kappa shape index (κ1) is 18.5. The Morgan fingerprint density at radius 1 is 1.04 bits per heavy atom. The molecule has 0 saturated heterocycles. The Kier molecular flexibility index (Phi) is 6.57. The van der Waals surface area contributed by atoms with Crippen LogP contribution in [0.1, 0.15) is 37.4 Å². The molecule has 2 rings (SSSR count). The van der Waals surface area contributed by atoms with Crippen LogP contribution in [-0.2, 0) is 9.59 Å². The second kappa shape index (κ2) is 8.87. The summed E-state index contributed by atoms with van der Waals surface area (Å²) in [4.78, 5) is 24.0. The first-order valence-corrected chi connectivity index (χ1v) is 8.45. The van der Waals surface area contributed by atoms with E-state index in [4.69, 9.17) is 0 Å². The molecule has 1 atom stereocenters. The molecule has 0 radical (unpaired) electrons. The average molecular weight is 339 g/mol. The maximum atomic E-state index is 12.5. The summed E-state index contributed by atoms with van der Waals surface area (Å²) in [5, 5.41) is 4.65. The highest BCUT2D eigenvalue weighted by Gasteiger charge is 2.18. The lowest BCUT2D eigenvalue weighted by Crippen LogP contribution is -2.44. The number of nitrogens with zero attached hydrogens (tertiary/aromatic N) is 1. The summed E-state index contributed by atoms with van der Waals surface area (Å²) in [7, 11) is 0. The Balaban J connectivity index is 2.06. The van der Waals surface area contributed by atoms with Crippen molar-refractivity contribution in [2.24, 2.45) is 0 Å². The molecule has 0 aliphatic heterocycles. The van der Waals surface area contributed by atoms with Gasteiger partial charge in [-0.2, -0.15) is 0 Å². The third-order valence-corrected chi connectivity index (χ3v) is 3.89. The highest BCUT2D eigenvalue weighted by Crippen LogP contribution is 2.17. The minimum atomic E-state index is -0.351. The number of hydrogen-bond acceptors (Lipinski definition) is 3. The second-order valence-corrected chi connectivity index (χ2v) is 5.98. The molecule has 0 saturated carbocycles. The number of anilines is 1. The third kappa shape index (κ3) is 5.64. The van der Waals surface area contributed by atoms with E-state index in [0.717, 1.165) is 11.3 Å². The minimum Gasteiger partial charge on any atom is -0.349 e. The standard InChI is InChI=1S/C20H25N3O2/c1-4-23(18-12-10-15(2)11-13-18)22-20(25)14-19(21-16(3)24)17-8-6-5-7-9-17/h5-13,19H,4,14H2,1-3H3,(H,21,24)(H,22,25)/t19-/m0/s1. The van der Waals surface area contributed by atoms with Gasteiger partial charge in [-0.1, -0.05) is 48.0 Å². The monoisotopic (exact) mass is 339 g/mol. The average Bonchev–Trinajstić information content (AvgIpc) is 2.60. The molecule has 0 unspecified atom stereocenters. The van der Waals surface area contributed by atoms with Crippen molar-refractivity contribution in [3.05, 3.63) is 65.7 Å². The molecule has 0 fully saturated rings. The number of carbonyl (C=O) groups is 2. The molecule has 132 valence electrons. The lowest BCUT2D eigenvalue weighted by Gasteiger charge is -2.25. The maximum absolute atomic E-state index is 12.5. The zero-order valence-electron chi connectivity index (χ0n) is 15.0. The van der Waals surface area contributed by atoms with E-state index in [2.05, 4.69) is 10.7 Å². The fraction of sp³-hybridized carbons (Fsp3) is 0.300. The summed E-state index contributed by atoms with van der Waals surface area (Å²) in [6.45, 7) is 6.10. The topological polar surface area (TPSA) is 61.4 Å². The third-order valence-electron chi connectivity index (χ3n) is 3.89. The quantitative estimate of drug-likeness (QED) is 0.762. The molecular formula is C20H25N3O2. The molecule has 0 heterocycles. The molecule has 0 aliphatic rings. The van der Waals surface area contributed by atoms with Gasteiger partial charge in [0.1, 0.15) is 0 Å². The van der Waals surface area contributed by atoms with Crippen LogP contribution in [0.2, 0.25) is 0 Å².